The van der Waals surface area contributed by atoms with Crippen molar-refractivity contribution in [3.63, 3.8) is 0 Å². The molecule has 1 aliphatic carbocycles. The first-order valence-corrected chi connectivity index (χ1v) is 6.76. The zero-order chi connectivity index (χ0) is 15.1. The van der Waals surface area contributed by atoms with Crippen molar-refractivity contribution < 1.29 is 27.2 Å². The molecule has 2 rings (SSSR count). The molecule has 6 heteroatoms. The molecular formula is C15H24CoN3O2-. The number of aromatic nitrogens is 1. The first-order chi connectivity index (χ1) is 9.72. The fourth-order valence-electron chi connectivity index (χ4n) is 1.36. The van der Waals surface area contributed by atoms with Crippen molar-refractivity contribution in [2.75, 3.05) is 0 Å². The van der Waals surface area contributed by atoms with Gasteiger partial charge in [-0.15, -0.1) is 0 Å². The maximum atomic E-state index is 8.03. The van der Waals surface area contributed by atoms with Crippen molar-refractivity contribution in [2.45, 2.75) is 46.0 Å². The third kappa shape index (κ3) is 14.8. The Hall–Kier alpha value is -1.40. The molecule has 5 nitrogen and oxygen atoms in total. The van der Waals surface area contributed by atoms with Crippen LogP contribution in [0.25, 0.3) is 0 Å². The predicted molar refractivity (Wildman–Crippen MR) is 81.4 cm³/mol. The van der Waals surface area contributed by atoms with Gasteiger partial charge in [0.1, 0.15) is 11.4 Å². The predicted octanol–water partition coefficient (Wildman–Crippen LogP) is 3.92. The van der Waals surface area contributed by atoms with Gasteiger partial charge >= 0.3 is 0 Å². The average Bonchev–Trinajstić information content (AvgIpc) is 2.57. The molecule has 21 heavy (non-hydrogen) atoms. The van der Waals surface area contributed by atoms with E-state index in [1.807, 2.05) is 18.2 Å². The SMILES string of the molecule is CC(=N\O)/C(C)=N/O.[CH-]1CCCCC1.[Co].c1ccncc1. The molecule has 0 saturated heterocycles. The van der Waals surface area contributed by atoms with E-state index in [1.165, 1.54) is 46.0 Å². The van der Waals surface area contributed by atoms with E-state index in [0.29, 0.717) is 11.4 Å². The summed E-state index contributed by atoms with van der Waals surface area (Å²) in [5, 5.41) is 21.6. The standard InChI is InChI=1S/C6H11.C5H5N.C4H8N2O2.Co/c2*1-2-4-6-5-3-1;1-3(5-7)4(2)6-8;/h1H,2-6H2;1-5H;7-8H,1-2H3;/q-1;;;/b;;5-3+,6-4+;. The van der Waals surface area contributed by atoms with Gasteiger partial charge in [-0.3, -0.25) is 4.98 Å². The molecule has 0 amide bonds. The molecule has 1 heterocycles. The number of nitrogens with zero attached hydrogens (tertiary/aromatic N) is 3. The van der Waals surface area contributed by atoms with E-state index < -0.39 is 0 Å². The Balaban J connectivity index is 0. The first-order valence-electron chi connectivity index (χ1n) is 6.76. The van der Waals surface area contributed by atoms with Crippen LogP contribution in [-0.4, -0.2) is 26.8 Å². The molecule has 121 valence electrons. The van der Waals surface area contributed by atoms with Crippen LogP contribution in [-0.2, 0) is 16.8 Å². The quantitative estimate of drug-likeness (QED) is 0.353. The van der Waals surface area contributed by atoms with Gasteiger partial charge in [0, 0.05) is 29.2 Å². The van der Waals surface area contributed by atoms with Crippen LogP contribution in [0.15, 0.2) is 40.9 Å². The molecule has 0 aliphatic heterocycles. The van der Waals surface area contributed by atoms with Gasteiger partial charge in [-0.2, -0.15) is 12.8 Å². The minimum Gasteiger partial charge on any atom is -0.411 e. The van der Waals surface area contributed by atoms with E-state index in [9.17, 15) is 0 Å². The van der Waals surface area contributed by atoms with Crippen LogP contribution in [0.5, 0.6) is 0 Å². The first kappa shape index (κ1) is 21.9. The van der Waals surface area contributed by atoms with Gasteiger partial charge in [0.15, 0.2) is 0 Å². The maximum Gasteiger partial charge on any atom is 0.101 e. The number of hydrogen-bond acceptors (Lipinski definition) is 5. The second-order valence-electron chi connectivity index (χ2n) is 4.32. The van der Waals surface area contributed by atoms with E-state index in [1.54, 1.807) is 12.4 Å². The van der Waals surface area contributed by atoms with Crippen LogP contribution in [0.1, 0.15) is 46.0 Å². The van der Waals surface area contributed by atoms with Crippen LogP contribution >= 0.6 is 0 Å². The minimum absolute atomic E-state index is 0. The maximum absolute atomic E-state index is 8.03. The Kier molecular flexibility index (Phi) is 17.4. The summed E-state index contributed by atoms with van der Waals surface area (Å²) in [6.07, 6.45) is 13.0. The Morgan fingerprint density at radius 1 is 0.905 bits per heavy atom. The monoisotopic (exact) mass is 337 g/mol. The van der Waals surface area contributed by atoms with Gasteiger partial charge < -0.3 is 16.8 Å². The molecule has 1 aromatic rings. The van der Waals surface area contributed by atoms with Gasteiger partial charge in [-0.05, 0) is 26.0 Å². The van der Waals surface area contributed by atoms with Gasteiger partial charge in [-0.25, -0.2) is 0 Å². The van der Waals surface area contributed by atoms with Crippen molar-refractivity contribution in [3.05, 3.63) is 37.0 Å². The fourth-order valence-corrected chi connectivity index (χ4v) is 1.36. The van der Waals surface area contributed by atoms with Crippen molar-refractivity contribution in [1.82, 2.24) is 4.98 Å². The van der Waals surface area contributed by atoms with Gasteiger partial charge in [0.25, 0.3) is 0 Å². The summed E-state index contributed by atoms with van der Waals surface area (Å²) in [5.41, 5.74) is 0.625. The summed E-state index contributed by atoms with van der Waals surface area (Å²) in [6.45, 7) is 3.07. The third-order valence-electron chi connectivity index (χ3n) is 2.71. The molecule has 0 unspecified atom stereocenters. The summed E-state index contributed by atoms with van der Waals surface area (Å²) in [5.74, 6) is 0. The van der Waals surface area contributed by atoms with Crippen LogP contribution in [0, 0.1) is 6.42 Å². The summed E-state index contributed by atoms with van der Waals surface area (Å²) in [7, 11) is 0. The van der Waals surface area contributed by atoms with Crippen molar-refractivity contribution in [3.8, 4) is 0 Å². The number of oxime groups is 2. The van der Waals surface area contributed by atoms with E-state index >= 15 is 0 Å². The normalized spacial score (nSPS) is 14.6. The summed E-state index contributed by atoms with van der Waals surface area (Å²) < 4.78 is 0. The van der Waals surface area contributed by atoms with Crippen LogP contribution in [0.4, 0.5) is 0 Å². The second-order valence-corrected chi connectivity index (χ2v) is 4.32. The van der Waals surface area contributed by atoms with Crippen LogP contribution in [0.2, 0.25) is 0 Å². The van der Waals surface area contributed by atoms with Gasteiger partial charge in [0.2, 0.25) is 0 Å². The summed E-state index contributed by atoms with van der Waals surface area (Å²) in [4.78, 5) is 3.78. The van der Waals surface area contributed by atoms with Gasteiger partial charge in [0.05, 0.1) is 0 Å². The molecule has 1 saturated carbocycles. The van der Waals surface area contributed by atoms with Crippen LogP contribution < -0.4 is 0 Å². The Labute approximate surface area is 137 Å². The number of rotatable bonds is 1. The van der Waals surface area contributed by atoms with E-state index in [4.69, 9.17) is 10.4 Å². The minimum atomic E-state index is 0. The second kappa shape index (κ2) is 16.7. The molecule has 0 spiro atoms. The summed E-state index contributed by atoms with van der Waals surface area (Å²) in [6, 6.07) is 5.72. The molecule has 1 fully saturated rings. The number of hydrogen-bond donors (Lipinski definition) is 2. The Morgan fingerprint density at radius 3 is 1.52 bits per heavy atom. The fraction of sp³-hybridized carbons (Fsp3) is 0.467. The zero-order valence-corrected chi connectivity index (χ0v) is 13.6. The topological polar surface area (TPSA) is 78.1 Å². The van der Waals surface area contributed by atoms with Crippen molar-refractivity contribution in [2.24, 2.45) is 10.3 Å². The largest absolute Gasteiger partial charge is 0.411 e. The summed E-state index contributed by atoms with van der Waals surface area (Å²) >= 11 is 0. The van der Waals surface area contributed by atoms with Gasteiger partial charge in [-0.1, -0.05) is 35.6 Å². The molecular weight excluding hydrogens is 313 g/mol. The Bertz CT molecular complexity index is 326. The average molecular weight is 337 g/mol. The van der Waals surface area contributed by atoms with Crippen LogP contribution in [0.3, 0.4) is 0 Å². The van der Waals surface area contributed by atoms with E-state index in [2.05, 4.69) is 21.7 Å². The molecule has 0 atom stereocenters. The van der Waals surface area contributed by atoms with E-state index in [-0.39, 0.29) is 16.8 Å². The molecule has 1 aliphatic rings. The van der Waals surface area contributed by atoms with E-state index in [0.717, 1.165) is 0 Å². The molecule has 1 aromatic heterocycles. The smallest absolute Gasteiger partial charge is 0.101 e. The van der Waals surface area contributed by atoms with Crippen molar-refractivity contribution >= 4 is 11.4 Å². The molecule has 1 radical (unpaired) electrons. The zero-order valence-electron chi connectivity index (χ0n) is 12.6. The molecule has 0 aromatic carbocycles. The number of pyridine rings is 1. The third-order valence-corrected chi connectivity index (χ3v) is 2.71. The molecule has 2 N–H and O–H groups in total. The Morgan fingerprint density at radius 2 is 1.38 bits per heavy atom. The van der Waals surface area contributed by atoms with Crippen molar-refractivity contribution in [1.29, 1.82) is 0 Å². The molecule has 0 bridgehead atoms.